The second kappa shape index (κ2) is 8.07. The molecule has 7 heteroatoms. The zero-order valence-electron chi connectivity index (χ0n) is 13.0. The molecule has 0 saturated heterocycles. The molecule has 0 aliphatic heterocycles. The number of halogens is 1. The number of carbonyl (C=O) groups is 2. The SMILES string of the molecule is COc1ccc(NC(=O)C(=O)NCc2ccccc2CO)cc1F. The molecule has 0 radical (unpaired) electrons. The highest BCUT2D eigenvalue weighted by atomic mass is 19.1. The van der Waals surface area contributed by atoms with E-state index in [1.807, 2.05) is 0 Å². The van der Waals surface area contributed by atoms with E-state index in [9.17, 15) is 19.1 Å². The number of carbonyl (C=O) groups excluding carboxylic acids is 2. The smallest absolute Gasteiger partial charge is 0.313 e. The summed E-state index contributed by atoms with van der Waals surface area (Å²) >= 11 is 0. The Bertz CT molecular complexity index is 749. The van der Waals surface area contributed by atoms with Gasteiger partial charge in [0.25, 0.3) is 0 Å². The van der Waals surface area contributed by atoms with E-state index in [1.54, 1.807) is 24.3 Å². The first-order valence-corrected chi connectivity index (χ1v) is 7.15. The number of rotatable bonds is 5. The predicted molar refractivity (Wildman–Crippen MR) is 85.8 cm³/mol. The summed E-state index contributed by atoms with van der Waals surface area (Å²) in [6, 6.07) is 10.8. The molecule has 126 valence electrons. The van der Waals surface area contributed by atoms with Crippen LogP contribution >= 0.6 is 0 Å². The summed E-state index contributed by atoms with van der Waals surface area (Å²) in [6.45, 7) is -0.0661. The molecule has 0 aromatic heterocycles. The van der Waals surface area contributed by atoms with E-state index < -0.39 is 17.6 Å². The van der Waals surface area contributed by atoms with E-state index in [-0.39, 0.29) is 24.6 Å². The molecule has 0 saturated carbocycles. The number of nitrogens with one attached hydrogen (secondary N) is 2. The average Bonchev–Trinajstić information content (AvgIpc) is 2.60. The largest absolute Gasteiger partial charge is 0.494 e. The van der Waals surface area contributed by atoms with Gasteiger partial charge >= 0.3 is 11.8 Å². The van der Waals surface area contributed by atoms with Gasteiger partial charge in [0.2, 0.25) is 0 Å². The van der Waals surface area contributed by atoms with Crippen molar-refractivity contribution in [2.24, 2.45) is 0 Å². The standard InChI is InChI=1S/C17H17FN2O4/c1-24-15-7-6-13(8-14(15)18)20-17(23)16(22)19-9-11-4-2-3-5-12(11)10-21/h2-8,21H,9-10H2,1H3,(H,19,22)(H,20,23). The molecule has 2 aromatic carbocycles. The fourth-order valence-electron chi connectivity index (χ4n) is 2.07. The summed E-state index contributed by atoms with van der Waals surface area (Å²) < 4.78 is 18.3. The third kappa shape index (κ3) is 4.30. The van der Waals surface area contributed by atoms with Gasteiger partial charge in [-0.1, -0.05) is 24.3 Å². The Balaban J connectivity index is 1.95. The first-order valence-electron chi connectivity index (χ1n) is 7.15. The van der Waals surface area contributed by atoms with Crippen molar-refractivity contribution in [1.82, 2.24) is 5.32 Å². The van der Waals surface area contributed by atoms with Gasteiger partial charge in [-0.05, 0) is 23.3 Å². The van der Waals surface area contributed by atoms with E-state index in [0.29, 0.717) is 11.1 Å². The second-order valence-electron chi connectivity index (χ2n) is 4.91. The Morgan fingerprint density at radius 2 is 1.83 bits per heavy atom. The lowest BCUT2D eigenvalue weighted by Gasteiger charge is -2.10. The molecule has 0 atom stereocenters. The summed E-state index contributed by atoms with van der Waals surface area (Å²) in [4.78, 5) is 23.7. The topological polar surface area (TPSA) is 87.7 Å². The van der Waals surface area contributed by atoms with Crippen molar-refractivity contribution < 1.29 is 23.8 Å². The van der Waals surface area contributed by atoms with Crippen molar-refractivity contribution in [3.05, 3.63) is 59.4 Å². The maximum Gasteiger partial charge on any atom is 0.313 e. The number of benzene rings is 2. The van der Waals surface area contributed by atoms with E-state index in [0.717, 1.165) is 6.07 Å². The van der Waals surface area contributed by atoms with Crippen LogP contribution in [0.5, 0.6) is 5.75 Å². The van der Waals surface area contributed by atoms with Crippen molar-refractivity contribution in [1.29, 1.82) is 0 Å². The Labute approximate surface area is 138 Å². The van der Waals surface area contributed by atoms with Gasteiger partial charge in [0.15, 0.2) is 11.6 Å². The summed E-state index contributed by atoms with van der Waals surface area (Å²) in [5, 5.41) is 14.0. The number of hydrogen-bond acceptors (Lipinski definition) is 4. The third-order valence-corrected chi connectivity index (χ3v) is 3.34. The Kier molecular flexibility index (Phi) is 5.86. The van der Waals surface area contributed by atoms with Crippen LogP contribution in [0.1, 0.15) is 11.1 Å². The zero-order valence-corrected chi connectivity index (χ0v) is 13.0. The van der Waals surface area contributed by atoms with E-state index in [2.05, 4.69) is 10.6 Å². The van der Waals surface area contributed by atoms with Crippen LogP contribution in [0.4, 0.5) is 10.1 Å². The quantitative estimate of drug-likeness (QED) is 0.726. The van der Waals surface area contributed by atoms with E-state index in [4.69, 9.17) is 4.74 Å². The molecule has 3 N–H and O–H groups in total. The van der Waals surface area contributed by atoms with Crippen molar-refractivity contribution >= 4 is 17.5 Å². The maximum absolute atomic E-state index is 13.6. The molecule has 2 rings (SSSR count). The molecule has 0 heterocycles. The molecule has 0 spiro atoms. The summed E-state index contributed by atoms with van der Waals surface area (Å²) in [6.07, 6.45) is 0. The monoisotopic (exact) mass is 332 g/mol. The molecular weight excluding hydrogens is 315 g/mol. The lowest BCUT2D eigenvalue weighted by Crippen LogP contribution is -2.35. The number of anilines is 1. The van der Waals surface area contributed by atoms with Crippen LogP contribution in [-0.2, 0) is 22.7 Å². The fraction of sp³-hybridized carbons (Fsp3) is 0.176. The molecular formula is C17H17FN2O4. The lowest BCUT2D eigenvalue weighted by molar-refractivity contribution is -0.136. The van der Waals surface area contributed by atoms with Gasteiger partial charge in [-0.15, -0.1) is 0 Å². The number of ether oxygens (including phenoxy) is 1. The van der Waals surface area contributed by atoms with Gasteiger partial charge in [-0.3, -0.25) is 9.59 Å². The zero-order chi connectivity index (χ0) is 17.5. The van der Waals surface area contributed by atoms with Crippen LogP contribution in [0.3, 0.4) is 0 Å². The van der Waals surface area contributed by atoms with Crippen LogP contribution in [0.2, 0.25) is 0 Å². The predicted octanol–water partition coefficient (Wildman–Crippen LogP) is 1.58. The van der Waals surface area contributed by atoms with Crippen molar-refractivity contribution in [3.8, 4) is 5.75 Å². The molecule has 2 aromatic rings. The summed E-state index contributed by atoms with van der Waals surface area (Å²) in [7, 11) is 1.33. The average molecular weight is 332 g/mol. The van der Waals surface area contributed by atoms with Crippen LogP contribution in [0, 0.1) is 5.82 Å². The van der Waals surface area contributed by atoms with Gasteiger partial charge in [-0.25, -0.2) is 4.39 Å². The second-order valence-corrected chi connectivity index (χ2v) is 4.91. The van der Waals surface area contributed by atoms with Gasteiger partial charge in [-0.2, -0.15) is 0 Å². The first-order chi connectivity index (χ1) is 11.5. The number of hydrogen-bond donors (Lipinski definition) is 3. The number of methoxy groups -OCH3 is 1. The van der Waals surface area contributed by atoms with Crippen LogP contribution < -0.4 is 15.4 Å². The fourth-order valence-corrected chi connectivity index (χ4v) is 2.07. The third-order valence-electron chi connectivity index (χ3n) is 3.34. The number of amides is 2. The van der Waals surface area contributed by atoms with E-state index in [1.165, 1.54) is 19.2 Å². The van der Waals surface area contributed by atoms with E-state index >= 15 is 0 Å². The molecule has 0 aliphatic carbocycles. The summed E-state index contributed by atoms with van der Waals surface area (Å²) in [5.41, 5.74) is 1.51. The highest BCUT2D eigenvalue weighted by Crippen LogP contribution is 2.20. The highest BCUT2D eigenvalue weighted by molar-refractivity contribution is 6.39. The normalized spacial score (nSPS) is 10.1. The Morgan fingerprint density at radius 3 is 2.46 bits per heavy atom. The van der Waals surface area contributed by atoms with Gasteiger partial charge in [0.1, 0.15) is 0 Å². The first kappa shape index (κ1) is 17.4. The van der Waals surface area contributed by atoms with Crippen LogP contribution in [0.25, 0.3) is 0 Å². The molecule has 0 unspecified atom stereocenters. The minimum Gasteiger partial charge on any atom is -0.494 e. The van der Waals surface area contributed by atoms with Gasteiger partial charge in [0, 0.05) is 18.3 Å². The number of aliphatic hydroxyl groups is 1. The van der Waals surface area contributed by atoms with Crippen LogP contribution in [0.15, 0.2) is 42.5 Å². The van der Waals surface area contributed by atoms with Crippen molar-refractivity contribution in [3.63, 3.8) is 0 Å². The molecule has 6 nitrogen and oxygen atoms in total. The Hall–Kier alpha value is -2.93. The van der Waals surface area contributed by atoms with Crippen molar-refractivity contribution in [2.75, 3.05) is 12.4 Å². The lowest BCUT2D eigenvalue weighted by atomic mass is 10.1. The van der Waals surface area contributed by atoms with Crippen LogP contribution in [-0.4, -0.2) is 24.0 Å². The number of aliphatic hydroxyl groups excluding tert-OH is 1. The molecule has 24 heavy (non-hydrogen) atoms. The maximum atomic E-state index is 13.6. The molecule has 2 amide bonds. The molecule has 0 bridgehead atoms. The molecule has 0 aliphatic rings. The Morgan fingerprint density at radius 1 is 1.12 bits per heavy atom. The van der Waals surface area contributed by atoms with Crippen molar-refractivity contribution in [2.45, 2.75) is 13.2 Å². The van der Waals surface area contributed by atoms with Gasteiger partial charge < -0.3 is 20.5 Å². The minimum atomic E-state index is -0.916. The summed E-state index contributed by atoms with van der Waals surface area (Å²) in [5.74, 6) is -2.38. The van der Waals surface area contributed by atoms with Gasteiger partial charge in [0.05, 0.1) is 13.7 Å². The highest BCUT2D eigenvalue weighted by Gasteiger charge is 2.15. The minimum absolute atomic E-state index is 0.0399. The molecule has 0 fully saturated rings.